The van der Waals surface area contributed by atoms with Gasteiger partial charge in [-0.25, -0.2) is 18.1 Å². The van der Waals surface area contributed by atoms with Crippen LogP contribution in [-0.4, -0.2) is 33.8 Å². The maximum absolute atomic E-state index is 14.2. The summed E-state index contributed by atoms with van der Waals surface area (Å²) in [6.45, 7) is 2.83. The van der Waals surface area contributed by atoms with Gasteiger partial charge in [-0.15, -0.1) is 5.10 Å². The number of halogens is 5. The van der Waals surface area contributed by atoms with E-state index in [4.69, 9.17) is 4.84 Å². The van der Waals surface area contributed by atoms with Crippen molar-refractivity contribution in [2.45, 2.75) is 37.3 Å². The third-order valence-corrected chi connectivity index (χ3v) is 4.59. The third kappa shape index (κ3) is 2.88. The summed E-state index contributed by atoms with van der Waals surface area (Å²) in [5.41, 5.74) is -1.12. The first kappa shape index (κ1) is 17.6. The normalized spacial score (nSPS) is 18.7. The molecule has 0 fully saturated rings. The highest BCUT2D eigenvalue weighted by atomic mass is 32.2. The molecule has 0 N–H and O–H groups in total. The average molecular weight is 362 g/mol. The van der Waals surface area contributed by atoms with Crippen LogP contribution in [0, 0.1) is 0 Å². The molecule has 1 aliphatic heterocycles. The maximum Gasteiger partial charge on any atom is 0.451 e. The van der Waals surface area contributed by atoms with E-state index in [9.17, 15) is 30.4 Å². The highest BCUT2D eigenvalue weighted by Crippen LogP contribution is 2.38. The molecule has 7 nitrogen and oxygen atoms in total. The Balaban J connectivity index is 2.47. The lowest BCUT2D eigenvalue weighted by molar-refractivity contribution is -0.147. The molecule has 0 atom stereocenters. The topological polar surface area (TPSA) is 86.4 Å². The van der Waals surface area contributed by atoms with Crippen molar-refractivity contribution in [3.05, 3.63) is 11.6 Å². The van der Waals surface area contributed by atoms with Crippen LogP contribution in [0.3, 0.4) is 0 Å². The molecule has 1 aromatic heterocycles. The van der Waals surface area contributed by atoms with Crippen LogP contribution in [0.25, 0.3) is 0 Å². The zero-order chi connectivity index (χ0) is 17.8. The number of alkyl halides is 5. The lowest BCUT2D eigenvalue weighted by Crippen LogP contribution is -2.34. The van der Waals surface area contributed by atoms with Gasteiger partial charge in [-0.1, -0.05) is 5.16 Å². The minimum absolute atomic E-state index is 0.0374. The number of oxime groups is 1. The molecule has 0 radical (unpaired) electrons. The molecule has 0 unspecified atom stereocenters. The smallest absolute Gasteiger partial charge is 0.389 e. The summed E-state index contributed by atoms with van der Waals surface area (Å²) in [5, 5.41) is 0.218. The van der Waals surface area contributed by atoms with Gasteiger partial charge in [0.1, 0.15) is 5.60 Å². The summed E-state index contributed by atoms with van der Waals surface area (Å²) < 4.78 is 90.1. The van der Waals surface area contributed by atoms with Crippen LogP contribution in [-0.2, 0) is 33.2 Å². The van der Waals surface area contributed by atoms with Gasteiger partial charge in [-0.05, 0) is 13.8 Å². The van der Waals surface area contributed by atoms with Crippen molar-refractivity contribution in [3.63, 3.8) is 0 Å². The molecule has 13 heteroatoms. The molecule has 0 amide bonds. The molecule has 0 bridgehead atoms. The van der Waals surface area contributed by atoms with Crippen LogP contribution in [0.1, 0.15) is 31.9 Å². The van der Waals surface area contributed by atoms with Crippen LogP contribution in [0.2, 0.25) is 0 Å². The Morgan fingerprint density at radius 1 is 1.22 bits per heavy atom. The van der Waals surface area contributed by atoms with E-state index < -0.39 is 50.0 Å². The molecule has 1 aliphatic rings. The van der Waals surface area contributed by atoms with Crippen LogP contribution >= 0.6 is 0 Å². The molecule has 0 aromatic carbocycles. The Labute approximate surface area is 127 Å². The van der Waals surface area contributed by atoms with E-state index in [0.29, 0.717) is 0 Å². The molecule has 2 rings (SSSR count). The van der Waals surface area contributed by atoms with Gasteiger partial charge in [0, 0.05) is 13.5 Å². The Morgan fingerprint density at radius 3 is 2.17 bits per heavy atom. The summed E-state index contributed by atoms with van der Waals surface area (Å²) in [4.78, 5) is 7.33. The fraction of sp³-hybridized carbons (Fsp3) is 0.700. The zero-order valence-corrected chi connectivity index (χ0v) is 12.8. The first-order chi connectivity index (χ1) is 10.2. The monoisotopic (exact) mass is 362 g/mol. The molecule has 2 heterocycles. The van der Waals surface area contributed by atoms with Crippen LogP contribution in [0.5, 0.6) is 0 Å². The van der Waals surface area contributed by atoms with Crippen molar-refractivity contribution >= 4 is 14.9 Å². The molecule has 130 valence electrons. The highest BCUT2D eigenvalue weighted by molar-refractivity contribution is 8.06. The Bertz CT molecular complexity index is 766. The van der Waals surface area contributed by atoms with E-state index in [1.165, 1.54) is 13.8 Å². The summed E-state index contributed by atoms with van der Waals surface area (Å²) in [6.07, 6.45) is -5.51. The predicted octanol–water partition coefficient (Wildman–Crippen LogP) is 1.81. The van der Waals surface area contributed by atoms with Crippen molar-refractivity contribution in [1.82, 2.24) is 14.8 Å². The summed E-state index contributed by atoms with van der Waals surface area (Å²) in [7, 11) is -4.70. The first-order valence-electron chi connectivity index (χ1n) is 6.05. The minimum atomic E-state index is -5.43. The molecule has 23 heavy (non-hydrogen) atoms. The number of nitrogens with zero attached hydrogens (tertiary/aromatic N) is 4. The van der Waals surface area contributed by atoms with Crippen molar-refractivity contribution in [2.24, 2.45) is 12.2 Å². The van der Waals surface area contributed by atoms with Gasteiger partial charge in [0.2, 0.25) is 11.6 Å². The van der Waals surface area contributed by atoms with Gasteiger partial charge in [0.25, 0.3) is 9.84 Å². The van der Waals surface area contributed by atoms with Crippen LogP contribution in [0.15, 0.2) is 5.16 Å². The average Bonchev–Trinajstić information content (AvgIpc) is 2.91. The Hall–Kier alpha value is -1.79. The van der Waals surface area contributed by atoms with E-state index >= 15 is 0 Å². The summed E-state index contributed by atoms with van der Waals surface area (Å²) in [5.74, 6) is -3.52. The van der Waals surface area contributed by atoms with Gasteiger partial charge >= 0.3 is 11.4 Å². The maximum atomic E-state index is 14.2. The van der Waals surface area contributed by atoms with Crippen LogP contribution in [0.4, 0.5) is 22.0 Å². The van der Waals surface area contributed by atoms with Crippen LogP contribution < -0.4 is 0 Å². The number of aryl methyl sites for hydroxylation is 1. The molecule has 1 aromatic rings. The number of rotatable bonds is 2. The largest absolute Gasteiger partial charge is 0.451 e. The Kier molecular flexibility index (Phi) is 3.70. The fourth-order valence-electron chi connectivity index (χ4n) is 1.77. The SMILES string of the molecule is Cn1nc(C(F)(F)S(=O)(=O)C2=NOC(C)(C)C2)nc1C(F)(F)F. The fourth-order valence-corrected chi connectivity index (χ4v) is 3.07. The van der Waals surface area contributed by atoms with E-state index in [-0.39, 0.29) is 4.68 Å². The quantitative estimate of drug-likeness (QED) is 0.749. The second kappa shape index (κ2) is 4.85. The number of hydrogen-bond acceptors (Lipinski definition) is 6. The second-order valence-electron chi connectivity index (χ2n) is 5.41. The Morgan fingerprint density at radius 2 is 1.78 bits per heavy atom. The summed E-state index contributed by atoms with van der Waals surface area (Å²) >= 11 is 0. The first-order valence-corrected chi connectivity index (χ1v) is 7.53. The van der Waals surface area contributed by atoms with Crippen molar-refractivity contribution in [3.8, 4) is 0 Å². The predicted molar refractivity (Wildman–Crippen MR) is 66.0 cm³/mol. The van der Waals surface area contributed by atoms with Gasteiger partial charge in [0.05, 0.1) is 0 Å². The van der Waals surface area contributed by atoms with Crippen molar-refractivity contribution < 1.29 is 35.2 Å². The van der Waals surface area contributed by atoms with Gasteiger partial charge in [-0.3, -0.25) is 0 Å². The van der Waals surface area contributed by atoms with Crippen molar-refractivity contribution in [1.29, 1.82) is 0 Å². The summed E-state index contributed by atoms with van der Waals surface area (Å²) in [6, 6.07) is 0. The third-order valence-electron chi connectivity index (χ3n) is 2.90. The van der Waals surface area contributed by atoms with E-state index in [1.54, 1.807) is 0 Å². The lowest BCUT2D eigenvalue weighted by atomic mass is 10.1. The molecular formula is C10H11F5N4O3S. The van der Waals surface area contributed by atoms with Gasteiger partial charge < -0.3 is 4.84 Å². The minimum Gasteiger partial charge on any atom is -0.389 e. The number of hydrogen-bond donors (Lipinski definition) is 0. The molecule has 0 spiro atoms. The standard InChI is InChI=1S/C10H11F5N4O3S/c1-8(2)4-5(18-22-8)23(20,21)10(14,15)6-16-7(9(11,12)13)19(3)17-6/h4H2,1-3H3. The van der Waals surface area contributed by atoms with Gasteiger partial charge in [0.15, 0.2) is 5.04 Å². The number of aromatic nitrogens is 3. The molecule has 0 saturated carbocycles. The zero-order valence-electron chi connectivity index (χ0n) is 12.0. The van der Waals surface area contributed by atoms with Gasteiger partial charge in [-0.2, -0.15) is 22.0 Å². The highest BCUT2D eigenvalue weighted by Gasteiger charge is 2.57. The molecular weight excluding hydrogens is 351 g/mol. The van der Waals surface area contributed by atoms with Crippen molar-refractivity contribution in [2.75, 3.05) is 0 Å². The van der Waals surface area contributed by atoms with E-state index in [2.05, 4.69) is 15.2 Å². The second-order valence-corrected chi connectivity index (χ2v) is 7.40. The molecule has 0 aliphatic carbocycles. The van der Waals surface area contributed by atoms with E-state index in [0.717, 1.165) is 7.05 Å². The van der Waals surface area contributed by atoms with E-state index in [1.807, 2.05) is 0 Å². The number of sulfone groups is 1. The molecule has 0 saturated heterocycles. The lowest BCUT2D eigenvalue weighted by Gasteiger charge is -2.15.